The van der Waals surface area contributed by atoms with Gasteiger partial charge in [-0.25, -0.2) is 0 Å². The maximum atomic E-state index is 6.00. The van der Waals surface area contributed by atoms with Gasteiger partial charge in [-0.3, -0.25) is 0 Å². The summed E-state index contributed by atoms with van der Waals surface area (Å²) in [5, 5.41) is 0. The minimum atomic E-state index is 0.433. The highest BCUT2D eigenvalue weighted by molar-refractivity contribution is 4.81. The van der Waals surface area contributed by atoms with Gasteiger partial charge in [0, 0.05) is 25.7 Å². The van der Waals surface area contributed by atoms with E-state index >= 15 is 0 Å². The fourth-order valence-electron chi connectivity index (χ4n) is 2.97. The molecule has 0 amide bonds. The highest BCUT2D eigenvalue weighted by atomic mass is 15.2. The van der Waals surface area contributed by atoms with Crippen molar-refractivity contribution in [3.63, 3.8) is 0 Å². The zero-order chi connectivity index (χ0) is 10.7. The molecule has 15 heavy (non-hydrogen) atoms. The summed E-state index contributed by atoms with van der Waals surface area (Å²) in [7, 11) is 0. The molecule has 3 heteroatoms. The van der Waals surface area contributed by atoms with E-state index in [1.807, 2.05) is 0 Å². The fourth-order valence-corrected chi connectivity index (χ4v) is 2.97. The molecule has 0 saturated carbocycles. The summed E-state index contributed by atoms with van der Waals surface area (Å²) in [6, 6.07) is 0.433. The first-order valence-electron chi connectivity index (χ1n) is 6.48. The van der Waals surface area contributed by atoms with Crippen LogP contribution in [-0.2, 0) is 0 Å². The summed E-state index contributed by atoms with van der Waals surface area (Å²) in [5.74, 6) is 0.898. The van der Waals surface area contributed by atoms with E-state index in [1.165, 1.54) is 52.0 Å². The standard InChI is InChI=1S/C12H25N3/c1-2-14-7-5-11(8-14)9-15-6-3-4-12(13)10-15/h11-12H,2-10,13H2,1H3. The van der Waals surface area contributed by atoms with Gasteiger partial charge in [-0.1, -0.05) is 6.92 Å². The second-order valence-corrected chi connectivity index (χ2v) is 5.21. The molecule has 0 aromatic carbocycles. The summed E-state index contributed by atoms with van der Waals surface area (Å²) < 4.78 is 0. The summed E-state index contributed by atoms with van der Waals surface area (Å²) in [6.07, 6.45) is 3.91. The summed E-state index contributed by atoms with van der Waals surface area (Å²) in [5.41, 5.74) is 6.00. The lowest BCUT2D eigenvalue weighted by Crippen LogP contribution is -2.44. The molecule has 2 aliphatic rings. The van der Waals surface area contributed by atoms with E-state index in [4.69, 9.17) is 5.73 Å². The Kier molecular flexibility index (Phi) is 4.00. The zero-order valence-electron chi connectivity index (χ0n) is 9.99. The predicted molar refractivity (Wildman–Crippen MR) is 63.9 cm³/mol. The van der Waals surface area contributed by atoms with Crippen molar-refractivity contribution in [2.45, 2.75) is 32.2 Å². The minimum Gasteiger partial charge on any atom is -0.327 e. The lowest BCUT2D eigenvalue weighted by Gasteiger charge is -2.32. The molecular formula is C12H25N3. The number of piperidine rings is 1. The summed E-state index contributed by atoms with van der Waals surface area (Å²) in [4.78, 5) is 5.15. The predicted octanol–water partition coefficient (Wildman–Crippen LogP) is 0.751. The molecule has 0 radical (unpaired) electrons. The number of nitrogens with zero attached hydrogens (tertiary/aromatic N) is 2. The number of hydrogen-bond donors (Lipinski definition) is 1. The Morgan fingerprint density at radius 3 is 2.67 bits per heavy atom. The molecular weight excluding hydrogens is 186 g/mol. The Labute approximate surface area is 93.6 Å². The van der Waals surface area contributed by atoms with Gasteiger partial charge >= 0.3 is 0 Å². The quantitative estimate of drug-likeness (QED) is 0.748. The molecule has 2 heterocycles. The number of nitrogens with two attached hydrogens (primary N) is 1. The van der Waals surface area contributed by atoms with E-state index in [-0.39, 0.29) is 0 Å². The molecule has 0 aliphatic carbocycles. The van der Waals surface area contributed by atoms with Gasteiger partial charge in [0.05, 0.1) is 0 Å². The average Bonchev–Trinajstić information content (AvgIpc) is 2.65. The fraction of sp³-hybridized carbons (Fsp3) is 1.00. The van der Waals surface area contributed by atoms with Crippen molar-refractivity contribution in [1.82, 2.24) is 9.80 Å². The van der Waals surface area contributed by atoms with Crippen molar-refractivity contribution in [2.75, 3.05) is 39.3 Å². The normalized spacial score (nSPS) is 34.8. The third kappa shape index (κ3) is 3.16. The van der Waals surface area contributed by atoms with Crippen LogP contribution < -0.4 is 5.73 Å². The molecule has 2 fully saturated rings. The molecule has 2 atom stereocenters. The SMILES string of the molecule is CCN1CCC(CN2CCCC(N)C2)C1. The largest absolute Gasteiger partial charge is 0.327 e. The monoisotopic (exact) mass is 211 g/mol. The zero-order valence-corrected chi connectivity index (χ0v) is 9.99. The van der Waals surface area contributed by atoms with Crippen LogP contribution in [0, 0.1) is 5.92 Å². The molecule has 2 rings (SSSR count). The minimum absolute atomic E-state index is 0.433. The first-order chi connectivity index (χ1) is 7.28. The van der Waals surface area contributed by atoms with E-state index in [0.29, 0.717) is 6.04 Å². The van der Waals surface area contributed by atoms with Gasteiger partial charge in [0.15, 0.2) is 0 Å². The van der Waals surface area contributed by atoms with Gasteiger partial charge in [-0.15, -0.1) is 0 Å². The van der Waals surface area contributed by atoms with Crippen molar-refractivity contribution in [3.05, 3.63) is 0 Å². The van der Waals surface area contributed by atoms with Gasteiger partial charge in [-0.2, -0.15) is 0 Å². The Morgan fingerprint density at radius 2 is 2.00 bits per heavy atom. The van der Waals surface area contributed by atoms with Crippen molar-refractivity contribution in [1.29, 1.82) is 0 Å². The Balaban J connectivity index is 1.72. The maximum absolute atomic E-state index is 6.00. The topological polar surface area (TPSA) is 32.5 Å². The van der Waals surface area contributed by atoms with Crippen LogP contribution in [0.3, 0.4) is 0 Å². The second kappa shape index (κ2) is 5.28. The molecule has 0 aromatic heterocycles. The highest BCUT2D eigenvalue weighted by Gasteiger charge is 2.25. The van der Waals surface area contributed by atoms with Crippen molar-refractivity contribution >= 4 is 0 Å². The van der Waals surface area contributed by atoms with Gasteiger partial charge in [0.1, 0.15) is 0 Å². The molecule has 0 aromatic rings. The van der Waals surface area contributed by atoms with Crippen LogP contribution in [0.25, 0.3) is 0 Å². The van der Waals surface area contributed by atoms with E-state index in [9.17, 15) is 0 Å². The van der Waals surface area contributed by atoms with Crippen LogP contribution in [-0.4, -0.2) is 55.1 Å². The lowest BCUT2D eigenvalue weighted by atomic mass is 10.0. The second-order valence-electron chi connectivity index (χ2n) is 5.21. The highest BCUT2D eigenvalue weighted by Crippen LogP contribution is 2.19. The Bertz CT molecular complexity index is 195. The molecule has 2 N–H and O–H groups in total. The van der Waals surface area contributed by atoms with Crippen molar-refractivity contribution in [3.8, 4) is 0 Å². The van der Waals surface area contributed by atoms with Gasteiger partial charge in [0.25, 0.3) is 0 Å². The molecule has 2 aliphatic heterocycles. The van der Waals surface area contributed by atoms with Gasteiger partial charge in [-0.05, 0) is 44.8 Å². The van der Waals surface area contributed by atoms with E-state index in [0.717, 1.165) is 12.5 Å². The Morgan fingerprint density at radius 1 is 1.13 bits per heavy atom. The van der Waals surface area contributed by atoms with Crippen molar-refractivity contribution < 1.29 is 0 Å². The summed E-state index contributed by atoms with van der Waals surface area (Å²) >= 11 is 0. The maximum Gasteiger partial charge on any atom is 0.0168 e. The molecule has 2 unspecified atom stereocenters. The van der Waals surface area contributed by atoms with Crippen LogP contribution in [0.4, 0.5) is 0 Å². The van der Waals surface area contributed by atoms with Crippen LogP contribution in [0.5, 0.6) is 0 Å². The van der Waals surface area contributed by atoms with E-state index in [1.54, 1.807) is 0 Å². The van der Waals surface area contributed by atoms with Crippen LogP contribution in [0.15, 0.2) is 0 Å². The Hall–Kier alpha value is -0.120. The van der Waals surface area contributed by atoms with E-state index < -0.39 is 0 Å². The number of hydrogen-bond acceptors (Lipinski definition) is 3. The average molecular weight is 211 g/mol. The van der Waals surface area contributed by atoms with Crippen LogP contribution in [0.1, 0.15) is 26.2 Å². The molecule has 3 nitrogen and oxygen atoms in total. The number of likely N-dealkylation sites (tertiary alicyclic amines) is 2. The lowest BCUT2D eigenvalue weighted by molar-refractivity contribution is 0.179. The third-order valence-electron chi connectivity index (χ3n) is 3.88. The molecule has 0 bridgehead atoms. The van der Waals surface area contributed by atoms with Crippen LogP contribution in [0.2, 0.25) is 0 Å². The summed E-state index contributed by atoms with van der Waals surface area (Å²) in [6.45, 7) is 9.78. The van der Waals surface area contributed by atoms with Gasteiger partial charge < -0.3 is 15.5 Å². The third-order valence-corrected chi connectivity index (χ3v) is 3.88. The van der Waals surface area contributed by atoms with Gasteiger partial charge in [0.2, 0.25) is 0 Å². The van der Waals surface area contributed by atoms with E-state index in [2.05, 4.69) is 16.7 Å². The molecule has 2 saturated heterocycles. The first kappa shape index (κ1) is 11.4. The van der Waals surface area contributed by atoms with Crippen LogP contribution >= 0.6 is 0 Å². The smallest absolute Gasteiger partial charge is 0.0168 e. The first-order valence-corrected chi connectivity index (χ1v) is 6.48. The number of rotatable bonds is 3. The van der Waals surface area contributed by atoms with Crippen molar-refractivity contribution in [2.24, 2.45) is 11.7 Å². The molecule has 88 valence electrons. The molecule has 0 spiro atoms.